The van der Waals surface area contributed by atoms with E-state index in [9.17, 15) is 0 Å². The van der Waals surface area contributed by atoms with Crippen molar-refractivity contribution in [2.75, 3.05) is 0 Å². The van der Waals surface area contributed by atoms with Crippen molar-refractivity contribution in [1.82, 2.24) is 0 Å². The summed E-state index contributed by atoms with van der Waals surface area (Å²) in [5, 5.41) is 0. The van der Waals surface area contributed by atoms with Gasteiger partial charge in [0.2, 0.25) is 0 Å². The maximum Gasteiger partial charge on any atom is 0.394 e. The van der Waals surface area contributed by atoms with Crippen LogP contribution in [-0.2, 0) is 23.2 Å². The summed E-state index contributed by atoms with van der Waals surface area (Å²) in [6.07, 6.45) is 21.5. The molecule has 6 heteroatoms. The maximum absolute atomic E-state index is 8.74. The first-order valence-electron chi connectivity index (χ1n) is 13.9. The van der Waals surface area contributed by atoms with Crippen LogP contribution in [0.15, 0.2) is 48.5 Å². The summed E-state index contributed by atoms with van der Waals surface area (Å²) in [6, 6.07) is 17.4. The molecule has 0 bridgehead atoms. The largest absolute Gasteiger partial charge is 0.457 e. The number of unbranched alkanes of at least 4 members (excludes halogenated alkanes) is 12. The highest BCUT2D eigenvalue weighted by Crippen LogP contribution is 2.23. The Balaban J connectivity index is 0.00000118. The van der Waals surface area contributed by atoms with E-state index in [-0.39, 0.29) is 0 Å². The van der Waals surface area contributed by atoms with Crippen LogP contribution in [-0.4, -0.2) is 17.5 Å². The molecule has 0 heterocycles. The van der Waals surface area contributed by atoms with Crippen molar-refractivity contribution >= 4 is 10.4 Å². The molecular weight excluding hydrogens is 472 g/mol. The Morgan fingerprint density at radius 2 is 0.806 bits per heavy atom. The first kappa shape index (κ1) is 32.1. The normalized spacial score (nSPS) is 11.1. The quantitative estimate of drug-likeness (QED) is 0.151. The topological polar surface area (TPSA) is 83.8 Å². The van der Waals surface area contributed by atoms with Crippen molar-refractivity contribution in [3.05, 3.63) is 59.7 Å². The summed E-state index contributed by atoms with van der Waals surface area (Å²) >= 11 is 0. The lowest BCUT2D eigenvalue weighted by Crippen LogP contribution is -1.90. The molecular formula is C30H48O5S. The molecule has 0 aromatic heterocycles. The predicted molar refractivity (Wildman–Crippen MR) is 151 cm³/mol. The lowest BCUT2D eigenvalue weighted by atomic mass is 10.0. The fourth-order valence-electron chi connectivity index (χ4n) is 4.16. The van der Waals surface area contributed by atoms with E-state index in [1.165, 1.54) is 114 Å². The van der Waals surface area contributed by atoms with E-state index in [1.54, 1.807) is 0 Å². The van der Waals surface area contributed by atoms with Crippen LogP contribution in [0.2, 0.25) is 0 Å². The second kappa shape index (κ2) is 20.2. The van der Waals surface area contributed by atoms with Gasteiger partial charge in [-0.25, -0.2) is 0 Å². The lowest BCUT2D eigenvalue weighted by Gasteiger charge is -2.08. The standard InChI is InChI=1S/C30H46O.H2O4S/c1-3-5-7-9-11-13-15-17-27-19-23-29(24-20-27)31-30-25-21-28(22-26-30)18-16-14-12-10-8-6-4-2;1-5(2,3)4/h19-26H,3-18H2,1-2H3;(H2,1,2,3,4). The van der Waals surface area contributed by atoms with Crippen LogP contribution in [0.4, 0.5) is 0 Å². The molecule has 2 aromatic carbocycles. The number of ether oxygens (including phenoxy) is 1. The SMILES string of the molecule is CCCCCCCCCc1ccc(Oc2ccc(CCCCCCCCC)cc2)cc1.O=S(=O)(O)O. The number of hydrogen-bond donors (Lipinski definition) is 2. The lowest BCUT2D eigenvalue weighted by molar-refractivity contribution is 0.381. The summed E-state index contributed by atoms with van der Waals surface area (Å²) in [5.41, 5.74) is 2.84. The van der Waals surface area contributed by atoms with Crippen molar-refractivity contribution in [2.24, 2.45) is 0 Å². The molecule has 2 N–H and O–H groups in total. The zero-order valence-corrected chi connectivity index (χ0v) is 23.3. The number of rotatable bonds is 18. The highest BCUT2D eigenvalue weighted by atomic mass is 32.3. The van der Waals surface area contributed by atoms with E-state index in [1.807, 2.05) is 0 Å². The van der Waals surface area contributed by atoms with E-state index >= 15 is 0 Å². The molecule has 0 saturated heterocycles. The van der Waals surface area contributed by atoms with Gasteiger partial charge in [-0.15, -0.1) is 0 Å². The van der Waals surface area contributed by atoms with Gasteiger partial charge in [0.25, 0.3) is 0 Å². The minimum absolute atomic E-state index is 0.933. The molecule has 204 valence electrons. The van der Waals surface area contributed by atoms with E-state index in [0.717, 1.165) is 11.5 Å². The van der Waals surface area contributed by atoms with Gasteiger partial charge in [-0.05, 0) is 61.1 Å². The van der Waals surface area contributed by atoms with Gasteiger partial charge in [0.15, 0.2) is 0 Å². The Hall–Kier alpha value is -1.89. The zero-order valence-electron chi connectivity index (χ0n) is 22.5. The van der Waals surface area contributed by atoms with Crippen LogP contribution >= 0.6 is 0 Å². The Bertz CT molecular complexity index is 809. The van der Waals surface area contributed by atoms with Gasteiger partial charge in [0, 0.05) is 0 Å². The summed E-state index contributed by atoms with van der Waals surface area (Å²) < 4.78 is 37.6. The fraction of sp³-hybridized carbons (Fsp3) is 0.600. The van der Waals surface area contributed by atoms with E-state index in [2.05, 4.69) is 62.4 Å². The molecule has 0 fully saturated rings. The van der Waals surface area contributed by atoms with Crippen molar-refractivity contribution in [3.63, 3.8) is 0 Å². The van der Waals surface area contributed by atoms with Crippen LogP contribution in [0, 0.1) is 0 Å². The average molecular weight is 521 g/mol. The van der Waals surface area contributed by atoms with Crippen LogP contribution in [0.5, 0.6) is 11.5 Å². The fourth-order valence-corrected chi connectivity index (χ4v) is 4.16. The van der Waals surface area contributed by atoms with Gasteiger partial charge >= 0.3 is 10.4 Å². The molecule has 0 aliphatic heterocycles. The molecule has 36 heavy (non-hydrogen) atoms. The van der Waals surface area contributed by atoms with Crippen LogP contribution in [0.3, 0.4) is 0 Å². The van der Waals surface area contributed by atoms with Gasteiger partial charge in [0.05, 0.1) is 0 Å². The van der Waals surface area contributed by atoms with E-state index in [4.69, 9.17) is 22.3 Å². The van der Waals surface area contributed by atoms with Gasteiger partial charge in [-0.3, -0.25) is 9.11 Å². The Labute approximate surface area is 220 Å². The molecule has 2 aromatic rings. The van der Waals surface area contributed by atoms with Gasteiger partial charge in [-0.1, -0.05) is 115 Å². The molecule has 0 spiro atoms. The second-order valence-corrected chi connectivity index (χ2v) is 10.5. The minimum Gasteiger partial charge on any atom is -0.457 e. The Morgan fingerprint density at radius 3 is 1.11 bits per heavy atom. The highest BCUT2D eigenvalue weighted by Gasteiger charge is 2.01. The van der Waals surface area contributed by atoms with Crippen LogP contribution < -0.4 is 4.74 Å². The monoisotopic (exact) mass is 520 g/mol. The van der Waals surface area contributed by atoms with Crippen LogP contribution in [0.25, 0.3) is 0 Å². The number of aryl methyl sites for hydroxylation is 2. The van der Waals surface area contributed by atoms with Crippen LogP contribution in [0.1, 0.15) is 115 Å². The molecule has 0 aliphatic rings. The smallest absolute Gasteiger partial charge is 0.394 e. The molecule has 0 amide bonds. The molecule has 0 unspecified atom stereocenters. The zero-order chi connectivity index (χ0) is 26.5. The second-order valence-electron chi connectivity index (χ2n) is 9.58. The maximum atomic E-state index is 8.74. The molecule has 2 rings (SSSR count). The van der Waals surface area contributed by atoms with Crippen molar-refractivity contribution in [2.45, 2.75) is 117 Å². The summed E-state index contributed by atoms with van der Waals surface area (Å²) in [5.74, 6) is 1.87. The van der Waals surface area contributed by atoms with Crippen molar-refractivity contribution in [1.29, 1.82) is 0 Å². The highest BCUT2D eigenvalue weighted by molar-refractivity contribution is 7.79. The third-order valence-electron chi connectivity index (χ3n) is 6.22. The molecule has 0 radical (unpaired) electrons. The molecule has 0 atom stereocenters. The number of benzene rings is 2. The van der Waals surface area contributed by atoms with Gasteiger partial charge < -0.3 is 4.74 Å². The number of hydrogen-bond acceptors (Lipinski definition) is 3. The molecule has 5 nitrogen and oxygen atoms in total. The predicted octanol–water partition coefficient (Wildman–Crippen LogP) is 9.41. The first-order chi connectivity index (χ1) is 17.3. The van der Waals surface area contributed by atoms with E-state index < -0.39 is 10.4 Å². The van der Waals surface area contributed by atoms with Gasteiger partial charge in [-0.2, -0.15) is 8.42 Å². The summed E-state index contributed by atoms with van der Waals surface area (Å²) in [7, 11) is -4.67. The minimum atomic E-state index is -4.67. The average Bonchev–Trinajstić information content (AvgIpc) is 2.84. The Morgan fingerprint density at radius 1 is 0.528 bits per heavy atom. The molecule has 0 aliphatic carbocycles. The summed E-state index contributed by atoms with van der Waals surface area (Å²) in [4.78, 5) is 0. The van der Waals surface area contributed by atoms with E-state index in [0.29, 0.717) is 0 Å². The van der Waals surface area contributed by atoms with Crippen molar-refractivity contribution < 1.29 is 22.3 Å². The van der Waals surface area contributed by atoms with Crippen molar-refractivity contribution in [3.8, 4) is 11.5 Å². The molecule has 0 saturated carbocycles. The third-order valence-corrected chi connectivity index (χ3v) is 6.22. The third kappa shape index (κ3) is 19.3. The first-order valence-corrected chi connectivity index (χ1v) is 15.3. The Kier molecular flexibility index (Phi) is 18.0. The summed E-state index contributed by atoms with van der Waals surface area (Å²) in [6.45, 7) is 4.56. The van der Waals surface area contributed by atoms with Gasteiger partial charge in [0.1, 0.15) is 11.5 Å².